The molecule has 1 saturated carbocycles. The highest BCUT2D eigenvalue weighted by atomic mass is 16.5. The van der Waals surface area contributed by atoms with Crippen molar-refractivity contribution in [3.8, 4) is 11.6 Å². The standard InChI is InChI=1S/C24H22N4O3/c29-17-5-3-4-16(14-17)21-24(26-13-12-25-21)31-18-10-8-15(9-11-18)22(30)23-27-19-6-1-2-7-20(19)28-23/h1-2,6-13,16-17,29H,3-5,14H2,(H,27,28)/t16?,17-/m1/s1. The molecule has 2 aromatic heterocycles. The Labute approximate surface area is 179 Å². The Balaban J connectivity index is 1.34. The molecule has 7 nitrogen and oxygen atoms in total. The van der Waals surface area contributed by atoms with E-state index in [1.807, 2.05) is 24.3 Å². The second-order valence-electron chi connectivity index (χ2n) is 7.82. The van der Waals surface area contributed by atoms with Gasteiger partial charge in [-0.15, -0.1) is 0 Å². The first kappa shape index (κ1) is 19.4. The van der Waals surface area contributed by atoms with Crippen molar-refractivity contribution in [2.24, 2.45) is 0 Å². The van der Waals surface area contributed by atoms with E-state index >= 15 is 0 Å². The molecular weight excluding hydrogens is 392 g/mol. The van der Waals surface area contributed by atoms with Crippen LogP contribution < -0.4 is 4.74 Å². The van der Waals surface area contributed by atoms with E-state index in [9.17, 15) is 9.90 Å². The number of para-hydroxylation sites is 2. The van der Waals surface area contributed by atoms with Gasteiger partial charge in [0.1, 0.15) is 11.4 Å². The molecule has 1 aliphatic carbocycles. The van der Waals surface area contributed by atoms with Gasteiger partial charge in [0.25, 0.3) is 0 Å². The topological polar surface area (TPSA) is 101 Å². The monoisotopic (exact) mass is 414 g/mol. The SMILES string of the molecule is O=C(c1ccc(Oc2nccnc2C2CCC[C@@H](O)C2)cc1)c1nc2ccccc2[nH]1. The summed E-state index contributed by atoms with van der Waals surface area (Å²) >= 11 is 0. The molecule has 4 aromatic rings. The van der Waals surface area contributed by atoms with Crippen molar-refractivity contribution in [2.75, 3.05) is 0 Å². The Morgan fingerprint density at radius 2 is 1.84 bits per heavy atom. The van der Waals surface area contributed by atoms with E-state index in [2.05, 4.69) is 19.9 Å². The molecule has 0 bridgehead atoms. The number of carbonyl (C=O) groups excluding carboxylic acids is 1. The van der Waals surface area contributed by atoms with Crippen LogP contribution in [0.15, 0.2) is 60.9 Å². The normalized spacial score (nSPS) is 18.7. The first-order valence-corrected chi connectivity index (χ1v) is 10.4. The molecule has 31 heavy (non-hydrogen) atoms. The predicted octanol–water partition coefficient (Wildman–Crippen LogP) is 4.39. The van der Waals surface area contributed by atoms with Gasteiger partial charge in [-0.2, -0.15) is 0 Å². The number of nitrogens with zero attached hydrogens (tertiary/aromatic N) is 3. The van der Waals surface area contributed by atoms with Gasteiger partial charge in [0.05, 0.1) is 17.1 Å². The van der Waals surface area contributed by atoms with Crippen LogP contribution in [0, 0.1) is 0 Å². The molecule has 2 heterocycles. The van der Waals surface area contributed by atoms with Gasteiger partial charge in [-0.05, 0) is 55.7 Å². The van der Waals surface area contributed by atoms with Crippen LogP contribution in [0.1, 0.15) is 53.5 Å². The number of H-pyrrole nitrogens is 1. The number of carbonyl (C=O) groups is 1. The fourth-order valence-corrected chi connectivity index (χ4v) is 4.09. The van der Waals surface area contributed by atoms with Crippen LogP contribution in [-0.2, 0) is 0 Å². The number of imidazole rings is 1. The summed E-state index contributed by atoms with van der Waals surface area (Å²) < 4.78 is 6.00. The molecule has 1 unspecified atom stereocenters. The zero-order valence-corrected chi connectivity index (χ0v) is 16.9. The third-order valence-electron chi connectivity index (χ3n) is 5.66. The molecule has 0 radical (unpaired) electrons. The van der Waals surface area contributed by atoms with Gasteiger partial charge in [0.15, 0.2) is 5.82 Å². The molecular formula is C24H22N4O3. The zero-order chi connectivity index (χ0) is 21.2. The third kappa shape index (κ3) is 4.04. The molecule has 2 N–H and O–H groups in total. The van der Waals surface area contributed by atoms with Crippen molar-refractivity contribution < 1.29 is 14.6 Å². The second-order valence-corrected chi connectivity index (χ2v) is 7.82. The first-order valence-electron chi connectivity index (χ1n) is 10.4. The molecule has 1 fully saturated rings. The summed E-state index contributed by atoms with van der Waals surface area (Å²) in [4.78, 5) is 29.1. The summed E-state index contributed by atoms with van der Waals surface area (Å²) in [5.74, 6) is 1.26. The number of nitrogens with one attached hydrogen (secondary N) is 1. The van der Waals surface area contributed by atoms with Crippen molar-refractivity contribution in [3.05, 3.63) is 78.0 Å². The van der Waals surface area contributed by atoms with E-state index in [1.165, 1.54) is 0 Å². The lowest BCUT2D eigenvalue weighted by molar-refractivity contribution is 0.103. The Hall–Kier alpha value is -3.58. The number of aliphatic hydroxyl groups is 1. The molecule has 0 spiro atoms. The van der Waals surface area contributed by atoms with E-state index in [1.54, 1.807) is 36.7 Å². The van der Waals surface area contributed by atoms with Crippen molar-refractivity contribution in [1.82, 2.24) is 19.9 Å². The van der Waals surface area contributed by atoms with Crippen LogP contribution in [0.4, 0.5) is 0 Å². The smallest absolute Gasteiger partial charge is 0.241 e. The van der Waals surface area contributed by atoms with Gasteiger partial charge in [0.2, 0.25) is 11.7 Å². The minimum atomic E-state index is -0.308. The van der Waals surface area contributed by atoms with Gasteiger partial charge in [-0.1, -0.05) is 18.6 Å². The van der Waals surface area contributed by atoms with Crippen molar-refractivity contribution >= 4 is 16.8 Å². The Kier molecular flexibility index (Phi) is 5.18. The Morgan fingerprint density at radius 3 is 2.65 bits per heavy atom. The Morgan fingerprint density at radius 1 is 1.03 bits per heavy atom. The van der Waals surface area contributed by atoms with Crippen LogP contribution in [0.25, 0.3) is 11.0 Å². The number of aliphatic hydroxyl groups excluding tert-OH is 1. The number of hydrogen-bond acceptors (Lipinski definition) is 6. The van der Waals surface area contributed by atoms with Crippen molar-refractivity contribution in [3.63, 3.8) is 0 Å². The van der Waals surface area contributed by atoms with E-state index in [4.69, 9.17) is 4.74 Å². The maximum absolute atomic E-state index is 12.8. The number of ketones is 1. The second kappa shape index (κ2) is 8.28. The molecule has 0 amide bonds. The third-order valence-corrected chi connectivity index (χ3v) is 5.66. The highest BCUT2D eigenvalue weighted by molar-refractivity contribution is 6.08. The van der Waals surface area contributed by atoms with E-state index in [0.717, 1.165) is 36.0 Å². The number of aromatic nitrogens is 4. The van der Waals surface area contributed by atoms with Crippen LogP contribution in [0.2, 0.25) is 0 Å². The maximum atomic E-state index is 12.8. The van der Waals surface area contributed by atoms with Crippen molar-refractivity contribution in [1.29, 1.82) is 0 Å². The molecule has 2 atom stereocenters. The molecule has 1 aliphatic rings. The minimum Gasteiger partial charge on any atom is -0.437 e. The number of benzene rings is 2. The van der Waals surface area contributed by atoms with E-state index in [-0.39, 0.29) is 17.8 Å². The number of aromatic amines is 1. The number of hydrogen-bond donors (Lipinski definition) is 2. The summed E-state index contributed by atoms with van der Waals surface area (Å²) in [7, 11) is 0. The van der Waals surface area contributed by atoms with Gasteiger partial charge < -0.3 is 14.8 Å². The number of rotatable bonds is 5. The number of ether oxygens (including phenoxy) is 1. The first-order chi connectivity index (χ1) is 15.2. The van der Waals surface area contributed by atoms with Crippen LogP contribution >= 0.6 is 0 Å². The molecule has 2 aromatic carbocycles. The summed E-state index contributed by atoms with van der Waals surface area (Å²) in [5, 5.41) is 10.0. The average Bonchev–Trinajstić information content (AvgIpc) is 3.24. The molecule has 156 valence electrons. The highest BCUT2D eigenvalue weighted by Crippen LogP contribution is 2.36. The molecule has 0 saturated heterocycles. The lowest BCUT2D eigenvalue weighted by atomic mass is 9.85. The summed E-state index contributed by atoms with van der Waals surface area (Å²) in [6, 6.07) is 14.4. The number of fused-ring (bicyclic) bond motifs is 1. The quantitative estimate of drug-likeness (QED) is 0.470. The van der Waals surface area contributed by atoms with Gasteiger partial charge >= 0.3 is 0 Å². The van der Waals surface area contributed by atoms with Gasteiger partial charge in [-0.3, -0.25) is 9.78 Å². The highest BCUT2D eigenvalue weighted by Gasteiger charge is 2.26. The molecule has 0 aliphatic heterocycles. The summed E-state index contributed by atoms with van der Waals surface area (Å²) in [6.45, 7) is 0. The fraction of sp³-hybridized carbons (Fsp3) is 0.250. The summed E-state index contributed by atoms with van der Waals surface area (Å²) in [5.41, 5.74) is 2.87. The lowest BCUT2D eigenvalue weighted by Gasteiger charge is -2.26. The van der Waals surface area contributed by atoms with Gasteiger partial charge in [-0.25, -0.2) is 9.97 Å². The predicted molar refractivity (Wildman–Crippen MR) is 115 cm³/mol. The van der Waals surface area contributed by atoms with E-state index in [0.29, 0.717) is 29.4 Å². The lowest BCUT2D eigenvalue weighted by Crippen LogP contribution is -2.19. The Bertz CT molecular complexity index is 1190. The summed E-state index contributed by atoms with van der Waals surface area (Å²) in [6.07, 6.45) is 6.35. The van der Waals surface area contributed by atoms with Crippen LogP contribution in [-0.4, -0.2) is 36.9 Å². The van der Waals surface area contributed by atoms with Crippen molar-refractivity contribution in [2.45, 2.75) is 37.7 Å². The minimum absolute atomic E-state index is 0.126. The van der Waals surface area contributed by atoms with Crippen LogP contribution in [0.3, 0.4) is 0 Å². The zero-order valence-electron chi connectivity index (χ0n) is 16.9. The van der Waals surface area contributed by atoms with Crippen LogP contribution in [0.5, 0.6) is 11.6 Å². The van der Waals surface area contributed by atoms with Gasteiger partial charge in [0, 0.05) is 23.9 Å². The largest absolute Gasteiger partial charge is 0.437 e. The average molecular weight is 414 g/mol. The molecule has 7 heteroatoms. The molecule has 5 rings (SSSR count). The van der Waals surface area contributed by atoms with E-state index < -0.39 is 0 Å². The maximum Gasteiger partial charge on any atom is 0.241 e. The fourth-order valence-electron chi connectivity index (χ4n) is 4.09.